The fraction of sp³-hybridized carbons (Fsp3) is 0.474. The number of nitrogens with one attached hydrogen (secondary N) is 1. The second kappa shape index (κ2) is 6.40. The molecule has 0 unspecified atom stereocenters. The lowest BCUT2D eigenvalue weighted by Gasteiger charge is -2.23. The Morgan fingerprint density at radius 2 is 2.00 bits per heavy atom. The van der Waals surface area contributed by atoms with Crippen LogP contribution in [0, 0.1) is 6.92 Å². The van der Waals surface area contributed by atoms with Gasteiger partial charge in [-0.25, -0.2) is 4.79 Å². The van der Waals surface area contributed by atoms with E-state index >= 15 is 0 Å². The van der Waals surface area contributed by atoms with Crippen molar-refractivity contribution in [3.8, 4) is 0 Å². The zero-order valence-corrected chi connectivity index (χ0v) is 14.2. The Kier molecular flexibility index (Phi) is 4.10. The van der Waals surface area contributed by atoms with Crippen LogP contribution in [0.2, 0.25) is 0 Å². The average molecular weight is 324 g/mol. The topological polar surface area (TPSA) is 48.5 Å². The van der Waals surface area contributed by atoms with Crippen molar-refractivity contribution in [2.45, 2.75) is 32.2 Å². The van der Waals surface area contributed by atoms with Gasteiger partial charge in [0.15, 0.2) is 0 Å². The van der Waals surface area contributed by atoms with Crippen LogP contribution < -0.4 is 5.32 Å². The number of carbonyl (C=O) groups is 1. The van der Waals surface area contributed by atoms with Gasteiger partial charge >= 0.3 is 6.03 Å². The first-order chi connectivity index (χ1) is 11.7. The molecular formula is C19H24N4O. The Morgan fingerprint density at radius 3 is 2.83 bits per heavy atom. The van der Waals surface area contributed by atoms with Gasteiger partial charge in [-0.15, -0.1) is 0 Å². The summed E-state index contributed by atoms with van der Waals surface area (Å²) in [5.41, 5.74) is 2.62. The van der Waals surface area contributed by atoms with E-state index in [1.165, 1.54) is 25.9 Å². The van der Waals surface area contributed by atoms with Gasteiger partial charge in [0.25, 0.3) is 0 Å². The summed E-state index contributed by atoms with van der Waals surface area (Å²) in [6.45, 7) is 6.02. The Bertz CT molecular complexity index is 754. The van der Waals surface area contributed by atoms with Crippen LogP contribution in [0.5, 0.6) is 0 Å². The lowest BCUT2D eigenvalue weighted by atomic mass is 10.2. The van der Waals surface area contributed by atoms with Crippen LogP contribution in [0.25, 0.3) is 10.9 Å². The molecule has 0 bridgehead atoms. The van der Waals surface area contributed by atoms with Crippen LogP contribution in [0.15, 0.2) is 30.3 Å². The summed E-state index contributed by atoms with van der Waals surface area (Å²) in [5.74, 6) is 0. The number of para-hydroxylation sites is 1. The molecule has 0 aliphatic carbocycles. The number of likely N-dealkylation sites (tertiary alicyclic amines) is 2. The van der Waals surface area contributed by atoms with E-state index in [2.05, 4.69) is 15.2 Å². The second-order valence-corrected chi connectivity index (χ2v) is 6.89. The molecule has 5 heteroatoms. The quantitative estimate of drug-likeness (QED) is 0.922. The standard InChI is InChI=1S/C19H24N4O/c1-14-7-8-15-5-4-6-17(18(15)20-14)21-19(24)23-12-9-16(13-23)22-10-2-3-11-22/h4-8,16H,2-3,9-13H2,1H3,(H,21,24)/t16-/m0/s1. The minimum Gasteiger partial charge on any atom is -0.323 e. The number of urea groups is 1. The molecule has 1 aromatic carbocycles. The minimum absolute atomic E-state index is 0.00694. The Morgan fingerprint density at radius 1 is 1.17 bits per heavy atom. The largest absolute Gasteiger partial charge is 0.323 e. The molecule has 2 aliphatic heterocycles. The van der Waals surface area contributed by atoms with Gasteiger partial charge in [0.1, 0.15) is 0 Å². The fourth-order valence-electron chi connectivity index (χ4n) is 3.87. The van der Waals surface area contributed by atoms with E-state index in [0.29, 0.717) is 6.04 Å². The fourth-order valence-corrected chi connectivity index (χ4v) is 3.87. The molecule has 2 saturated heterocycles. The highest BCUT2D eigenvalue weighted by Gasteiger charge is 2.31. The van der Waals surface area contributed by atoms with Crippen molar-refractivity contribution in [1.29, 1.82) is 0 Å². The van der Waals surface area contributed by atoms with E-state index in [9.17, 15) is 4.79 Å². The summed E-state index contributed by atoms with van der Waals surface area (Å²) in [6, 6.07) is 10.5. The number of aromatic nitrogens is 1. The lowest BCUT2D eigenvalue weighted by Crippen LogP contribution is -2.38. The van der Waals surface area contributed by atoms with E-state index < -0.39 is 0 Å². The first-order valence-corrected chi connectivity index (χ1v) is 8.87. The monoisotopic (exact) mass is 324 g/mol. The highest BCUT2D eigenvalue weighted by Crippen LogP contribution is 2.24. The van der Waals surface area contributed by atoms with Crippen molar-refractivity contribution in [3.63, 3.8) is 0 Å². The van der Waals surface area contributed by atoms with Gasteiger partial charge < -0.3 is 10.2 Å². The third-order valence-electron chi connectivity index (χ3n) is 5.21. The summed E-state index contributed by atoms with van der Waals surface area (Å²) >= 11 is 0. The average Bonchev–Trinajstić information content (AvgIpc) is 3.26. The molecule has 1 atom stereocenters. The molecule has 0 radical (unpaired) electrons. The molecule has 126 valence electrons. The smallest absolute Gasteiger partial charge is 0.321 e. The number of carbonyl (C=O) groups excluding carboxylic acids is 1. The molecule has 3 heterocycles. The van der Waals surface area contributed by atoms with Gasteiger partial charge in [-0.3, -0.25) is 9.88 Å². The zero-order valence-electron chi connectivity index (χ0n) is 14.2. The minimum atomic E-state index is -0.00694. The van der Waals surface area contributed by atoms with Crippen LogP contribution in [0.3, 0.4) is 0 Å². The molecular weight excluding hydrogens is 300 g/mol. The summed E-state index contributed by atoms with van der Waals surface area (Å²) in [7, 11) is 0. The highest BCUT2D eigenvalue weighted by atomic mass is 16.2. The SMILES string of the molecule is Cc1ccc2cccc(NC(=O)N3CC[C@H](N4CCCC4)C3)c2n1. The lowest BCUT2D eigenvalue weighted by molar-refractivity contribution is 0.210. The third-order valence-corrected chi connectivity index (χ3v) is 5.21. The van der Waals surface area contributed by atoms with Crippen LogP contribution in [-0.2, 0) is 0 Å². The summed E-state index contributed by atoms with van der Waals surface area (Å²) in [5, 5.41) is 4.12. The Hall–Kier alpha value is -2.14. The van der Waals surface area contributed by atoms with Crippen molar-refractivity contribution in [3.05, 3.63) is 36.0 Å². The number of nitrogens with zero attached hydrogens (tertiary/aromatic N) is 3. The van der Waals surface area contributed by atoms with Crippen molar-refractivity contribution in [2.75, 3.05) is 31.5 Å². The molecule has 2 fully saturated rings. The van der Waals surface area contributed by atoms with Gasteiger partial charge in [0, 0.05) is 30.2 Å². The molecule has 0 saturated carbocycles. The molecule has 2 aromatic rings. The van der Waals surface area contributed by atoms with Crippen molar-refractivity contribution < 1.29 is 4.79 Å². The maximum absolute atomic E-state index is 12.7. The second-order valence-electron chi connectivity index (χ2n) is 6.89. The molecule has 4 rings (SSSR count). The first-order valence-electron chi connectivity index (χ1n) is 8.87. The maximum Gasteiger partial charge on any atom is 0.321 e. The van der Waals surface area contributed by atoms with E-state index in [1.807, 2.05) is 42.2 Å². The zero-order chi connectivity index (χ0) is 16.5. The Balaban J connectivity index is 1.47. The van der Waals surface area contributed by atoms with Gasteiger partial charge in [0.2, 0.25) is 0 Å². The van der Waals surface area contributed by atoms with E-state index in [4.69, 9.17) is 0 Å². The number of fused-ring (bicyclic) bond motifs is 1. The molecule has 5 nitrogen and oxygen atoms in total. The normalized spacial score (nSPS) is 21.5. The number of rotatable bonds is 2. The van der Waals surface area contributed by atoms with Crippen molar-refractivity contribution >= 4 is 22.6 Å². The van der Waals surface area contributed by atoms with Crippen LogP contribution in [0.1, 0.15) is 25.0 Å². The maximum atomic E-state index is 12.7. The molecule has 1 aromatic heterocycles. The summed E-state index contributed by atoms with van der Waals surface area (Å²) in [4.78, 5) is 21.7. The van der Waals surface area contributed by atoms with Gasteiger partial charge in [0.05, 0.1) is 11.2 Å². The number of hydrogen-bond acceptors (Lipinski definition) is 3. The number of benzene rings is 1. The first kappa shape index (κ1) is 15.4. The Labute approximate surface area is 142 Å². The predicted octanol–water partition coefficient (Wildman–Crippen LogP) is 3.25. The molecule has 24 heavy (non-hydrogen) atoms. The van der Waals surface area contributed by atoms with Crippen LogP contribution in [-0.4, -0.2) is 53.0 Å². The number of hydrogen-bond donors (Lipinski definition) is 1. The number of pyridine rings is 1. The van der Waals surface area contributed by atoms with Gasteiger partial charge in [-0.2, -0.15) is 0 Å². The predicted molar refractivity (Wildman–Crippen MR) is 96.3 cm³/mol. The molecule has 2 amide bonds. The highest BCUT2D eigenvalue weighted by molar-refractivity contribution is 5.99. The third kappa shape index (κ3) is 2.96. The molecule has 2 aliphatic rings. The van der Waals surface area contributed by atoms with E-state index in [-0.39, 0.29) is 6.03 Å². The van der Waals surface area contributed by atoms with E-state index in [0.717, 1.165) is 41.8 Å². The summed E-state index contributed by atoms with van der Waals surface area (Å²) < 4.78 is 0. The number of aryl methyl sites for hydroxylation is 1. The van der Waals surface area contributed by atoms with Crippen molar-refractivity contribution in [1.82, 2.24) is 14.8 Å². The molecule has 1 N–H and O–H groups in total. The van der Waals surface area contributed by atoms with Crippen LogP contribution in [0.4, 0.5) is 10.5 Å². The van der Waals surface area contributed by atoms with Crippen molar-refractivity contribution in [2.24, 2.45) is 0 Å². The van der Waals surface area contributed by atoms with Crippen LogP contribution >= 0.6 is 0 Å². The number of amides is 2. The van der Waals surface area contributed by atoms with Gasteiger partial charge in [-0.05, 0) is 51.4 Å². The molecule has 0 spiro atoms. The summed E-state index contributed by atoms with van der Waals surface area (Å²) in [6.07, 6.45) is 3.67. The number of anilines is 1. The van der Waals surface area contributed by atoms with Gasteiger partial charge in [-0.1, -0.05) is 18.2 Å². The van der Waals surface area contributed by atoms with E-state index in [1.54, 1.807) is 0 Å².